The Morgan fingerprint density at radius 1 is 1.12 bits per heavy atom. The molecular formula is C21H26O4. The van der Waals surface area contributed by atoms with Crippen molar-refractivity contribution >= 4 is 18.0 Å². The summed E-state index contributed by atoms with van der Waals surface area (Å²) in [6.45, 7) is 9.18. The van der Waals surface area contributed by atoms with Gasteiger partial charge in [-0.2, -0.15) is 0 Å². The van der Waals surface area contributed by atoms with Crippen molar-refractivity contribution in [1.29, 1.82) is 0 Å². The highest BCUT2D eigenvalue weighted by Crippen LogP contribution is 2.25. The standard InChI is InChI=1S/C21H26O4/c1-5-19(22)24-14-15-25-20(23)17(2)16-21(3,4)13-9-12-18-10-7-6-8-11-18/h5-12,16H,1,13-15H2,2-4H3. The van der Waals surface area contributed by atoms with Crippen molar-refractivity contribution in [3.05, 3.63) is 66.3 Å². The molecule has 0 bridgehead atoms. The molecule has 0 unspecified atom stereocenters. The quantitative estimate of drug-likeness (QED) is 0.381. The van der Waals surface area contributed by atoms with E-state index in [-0.39, 0.29) is 18.6 Å². The maximum absolute atomic E-state index is 12.0. The zero-order chi connectivity index (χ0) is 18.7. The number of rotatable bonds is 9. The van der Waals surface area contributed by atoms with E-state index in [4.69, 9.17) is 9.47 Å². The zero-order valence-corrected chi connectivity index (χ0v) is 15.2. The third-order valence-corrected chi connectivity index (χ3v) is 3.41. The molecule has 0 fully saturated rings. The molecule has 1 aromatic carbocycles. The predicted octanol–water partition coefficient (Wildman–Crippen LogP) is 4.33. The predicted molar refractivity (Wildman–Crippen MR) is 99.7 cm³/mol. The van der Waals surface area contributed by atoms with Crippen LogP contribution < -0.4 is 0 Å². The van der Waals surface area contributed by atoms with Crippen LogP contribution in [0.25, 0.3) is 6.08 Å². The first-order chi connectivity index (χ1) is 11.8. The molecule has 0 amide bonds. The minimum atomic E-state index is -0.533. The maximum atomic E-state index is 12.0. The summed E-state index contributed by atoms with van der Waals surface area (Å²) in [6, 6.07) is 10.1. The minimum Gasteiger partial charge on any atom is -0.459 e. The molecule has 0 atom stereocenters. The molecule has 134 valence electrons. The number of allylic oxidation sites excluding steroid dienone is 2. The molecule has 0 aliphatic heterocycles. The molecule has 0 spiro atoms. The van der Waals surface area contributed by atoms with Crippen LogP contribution in [0.2, 0.25) is 0 Å². The Bertz CT molecular complexity index is 639. The van der Waals surface area contributed by atoms with Crippen LogP contribution in [0.5, 0.6) is 0 Å². The third kappa shape index (κ3) is 8.70. The van der Waals surface area contributed by atoms with Crippen LogP contribution >= 0.6 is 0 Å². The second-order valence-corrected chi connectivity index (χ2v) is 6.34. The minimum absolute atomic E-state index is 0.0209. The lowest BCUT2D eigenvalue weighted by atomic mass is 9.87. The van der Waals surface area contributed by atoms with Gasteiger partial charge in [-0.15, -0.1) is 0 Å². The normalized spacial score (nSPS) is 12.0. The van der Waals surface area contributed by atoms with Crippen molar-refractivity contribution in [2.75, 3.05) is 13.2 Å². The lowest BCUT2D eigenvalue weighted by Crippen LogP contribution is -2.15. The van der Waals surface area contributed by atoms with Gasteiger partial charge in [-0.25, -0.2) is 9.59 Å². The summed E-state index contributed by atoms with van der Waals surface area (Å²) < 4.78 is 9.84. The van der Waals surface area contributed by atoms with Crippen molar-refractivity contribution in [3.8, 4) is 0 Å². The fraction of sp³-hybridized carbons (Fsp3) is 0.333. The Labute approximate surface area is 149 Å². The van der Waals surface area contributed by atoms with Gasteiger partial charge in [0.25, 0.3) is 0 Å². The molecule has 0 heterocycles. The Morgan fingerprint density at radius 3 is 2.40 bits per heavy atom. The monoisotopic (exact) mass is 342 g/mol. The third-order valence-electron chi connectivity index (χ3n) is 3.41. The summed E-state index contributed by atoms with van der Waals surface area (Å²) in [5, 5.41) is 0. The van der Waals surface area contributed by atoms with E-state index < -0.39 is 11.9 Å². The first-order valence-corrected chi connectivity index (χ1v) is 8.21. The molecule has 1 aromatic rings. The lowest BCUT2D eigenvalue weighted by Gasteiger charge is -2.19. The summed E-state index contributed by atoms with van der Waals surface area (Å²) in [4.78, 5) is 22.8. The fourth-order valence-electron chi connectivity index (χ4n) is 2.22. The van der Waals surface area contributed by atoms with Crippen LogP contribution in [0.4, 0.5) is 0 Å². The second kappa shape index (κ2) is 10.3. The Balaban J connectivity index is 2.48. The number of ether oxygens (including phenoxy) is 2. The van der Waals surface area contributed by atoms with Crippen molar-refractivity contribution in [2.45, 2.75) is 27.2 Å². The van der Waals surface area contributed by atoms with Crippen LogP contribution in [-0.2, 0) is 19.1 Å². The average molecular weight is 342 g/mol. The van der Waals surface area contributed by atoms with Crippen molar-refractivity contribution in [2.24, 2.45) is 5.41 Å². The van der Waals surface area contributed by atoms with Gasteiger partial charge in [0.2, 0.25) is 0 Å². The van der Waals surface area contributed by atoms with Gasteiger partial charge in [0.1, 0.15) is 13.2 Å². The number of carbonyl (C=O) groups is 2. The summed E-state index contributed by atoms with van der Waals surface area (Å²) in [5.41, 5.74) is 1.50. The molecule has 0 aromatic heterocycles. The Hall–Kier alpha value is -2.62. The molecule has 0 radical (unpaired) electrons. The maximum Gasteiger partial charge on any atom is 0.333 e. The van der Waals surface area contributed by atoms with E-state index in [1.165, 1.54) is 0 Å². The number of esters is 2. The van der Waals surface area contributed by atoms with Gasteiger partial charge in [0.05, 0.1) is 0 Å². The second-order valence-electron chi connectivity index (χ2n) is 6.34. The van der Waals surface area contributed by atoms with Gasteiger partial charge in [-0.1, -0.05) is 69.0 Å². The smallest absolute Gasteiger partial charge is 0.333 e. The van der Waals surface area contributed by atoms with E-state index in [9.17, 15) is 9.59 Å². The van der Waals surface area contributed by atoms with E-state index in [1.807, 2.05) is 36.4 Å². The highest BCUT2D eigenvalue weighted by molar-refractivity contribution is 5.87. The van der Waals surface area contributed by atoms with E-state index in [0.29, 0.717) is 5.57 Å². The van der Waals surface area contributed by atoms with E-state index in [1.54, 1.807) is 6.92 Å². The van der Waals surface area contributed by atoms with Gasteiger partial charge >= 0.3 is 11.9 Å². The highest BCUT2D eigenvalue weighted by Gasteiger charge is 2.16. The topological polar surface area (TPSA) is 52.6 Å². The van der Waals surface area contributed by atoms with E-state index >= 15 is 0 Å². The van der Waals surface area contributed by atoms with Crippen molar-refractivity contribution in [1.82, 2.24) is 0 Å². The molecule has 0 saturated heterocycles. The zero-order valence-electron chi connectivity index (χ0n) is 15.2. The van der Waals surface area contributed by atoms with Crippen molar-refractivity contribution in [3.63, 3.8) is 0 Å². The van der Waals surface area contributed by atoms with Crippen LogP contribution in [0.3, 0.4) is 0 Å². The molecule has 0 aliphatic rings. The lowest BCUT2D eigenvalue weighted by molar-refractivity contribution is -0.146. The first-order valence-electron chi connectivity index (χ1n) is 8.21. The van der Waals surface area contributed by atoms with Crippen LogP contribution in [0, 0.1) is 5.41 Å². The SMILES string of the molecule is C=CC(=O)OCCOC(=O)C(C)=CC(C)(C)CC=Cc1ccccc1. The number of benzene rings is 1. The van der Waals surface area contributed by atoms with Crippen LogP contribution in [-0.4, -0.2) is 25.2 Å². The van der Waals surface area contributed by atoms with Gasteiger partial charge in [-0.05, 0) is 24.3 Å². The van der Waals surface area contributed by atoms with Gasteiger partial charge in [-0.3, -0.25) is 0 Å². The average Bonchev–Trinajstić information content (AvgIpc) is 2.58. The summed E-state index contributed by atoms with van der Waals surface area (Å²) in [7, 11) is 0. The van der Waals surface area contributed by atoms with E-state index in [2.05, 4.69) is 32.6 Å². The molecule has 4 heteroatoms. The Kier molecular flexibility index (Phi) is 8.40. The van der Waals surface area contributed by atoms with Gasteiger partial charge in [0.15, 0.2) is 0 Å². The van der Waals surface area contributed by atoms with Crippen LogP contribution in [0.15, 0.2) is 60.7 Å². The molecule has 0 aliphatic carbocycles. The molecular weight excluding hydrogens is 316 g/mol. The molecule has 1 rings (SSSR count). The van der Waals surface area contributed by atoms with E-state index in [0.717, 1.165) is 18.1 Å². The highest BCUT2D eigenvalue weighted by atomic mass is 16.6. The molecule has 0 saturated carbocycles. The van der Waals surface area contributed by atoms with Crippen LogP contribution in [0.1, 0.15) is 32.8 Å². The summed E-state index contributed by atoms with van der Waals surface area (Å²) in [5.74, 6) is -0.940. The fourth-order valence-corrected chi connectivity index (χ4v) is 2.22. The summed E-state index contributed by atoms with van der Waals surface area (Å²) >= 11 is 0. The number of carbonyl (C=O) groups excluding carboxylic acids is 2. The number of hydrogen-bond acceptors (Lipinski definition) is 4. The van der Waals surface area contributed by atoms with Gasteiger partial charge in [0, 0.05) is 11.6 Å². The molecule has 0 N–H and O–H groups in total. The Morgan fingerprint density at radius 2 is 1.76 bits per heavy atom. The molecule has 4 nitrogen and oxygen atoms in total. The largest absolute Gasteiger partial charge is 0.459 e. The molecule has 25 heavy (non-hydrogen) atoms. The first kappa shape index (κ1) is 20.4. The van der Waals surface area contributed by atoms with Gasteiger partial charge < -0.3 is 9.47 Å². The number of hydrogen-bond donors (Lipinski definition) is 0. The summed E-state index contributed by atoms with van der Waals surface area (Å²) in [6.07, 6.45) is 7.93. The van der Waals surface area contributed by atoms with Crippen molar-refractivity contribution < 1.29 is 19.1 Å².